The highest BCUT2D eigenvalue weighted by Gasteiger charge is 2.34. The maximum absolute atomic E-state index is 12.7. The molecule has 3 nitrogen and oxygen atoms in total. The molecule has 0 spiro atoms. The first-order chi connectivity index (χ1) is 7.02. The molecule has 1 N–H and O–H groups in total. The Balaban J connectivity index is 2.52. The Morgan fingerprint density at radius 1 is 1.53 bits per heavy atom. The lowest BCUT2D eigenvalue weighted by Crippen LogP contribution is -2.48. The van der Waals surface area contributed by atoms with Crippen LogP contribution in [-0.4, -0.2) is 41.8 Å². The molecule has 0 saturated carbocycles. The molecule has 0 aromatic carbocycles. The van der Waals surface area contributed by atoms with E-state index in [0.717, 1.165) is 12.8 Å². The molecule has 0 aromatic heterocycles. The number of rotatable bonds is 4. The molecular formula is C11H20FNO2. The van der Waals surface area contributed by atoms with Crippen LogP contribution in [0.4, 0.5) is 4.39 Å². The summed E-state index contributed by atoms with van der Waals surface area (Å²) in [6, 6.07) is -0.394. The molecule has 4 heteroatoms. The molecule has 1 rings (SSSR count). The fraction of sp³-hybridized carbons (Fsp3) is 0.909. The molecule has 1 aliphatic rings. The van der Waals surface area contributed by atoms with Crippen molar-refractivity contribution in [3.63, 3.8) is 0 Å². The van der Waals surface area contributed by atoms with Crippen LogP contribution in [-0.2, 0) is 4.79 Å². The highest BCUT2D eigenvalue weighted by Crippen LogP contribution is 2.32. The molecule has 1 saturated heterocycles. The second kappa shape index (κ2) is 4.92. The Labute approximate surface area is 90.3 Å². The number of carboxylic acids is 1. The topological polar surface area (TPSA) is 40.5 Å². The Morgan fingerprint density at radius 2 is 2.07 bits per heavy atom. The zero-order chi connectivity index (χ0) is 11.5. The summed E-state index contributed by atoms with van der Waals surface area (Å²) < 4.78 is 12.7. The minimum Gasteiger partial charge on any atom is -0.480 e. The van der Waals surface area contributed by atoms with Crippen LogP contribution >= 0.6 is 0 Å². The third kappa shape index (κ3) is 2.91. The van der Waals surface area contributed by atoms with E-state index in [1.807, 2.05) is 18.7 Å². The smallest absolute Gasteiger partial charge is 0.320 e. The molecule has 0 bridgehead atoms. The van der Waals surface area contributed by atoms with Crippen molar-refractivity contribution in [3.8, 4) is 0 Å². The number of nitrogens with zero attached hydrogens (tertiary/aromatic N) is 1. The number of hydrogen-bond donors (Lipinski definition) is 1. The van der Waals surface area contributed by atoms with Crippen molar-refractivity contribution in [3.05, 3.63) is 0 Å². The third-order valence-corrected chi connectivity index (χ3v) is 3.44. The number of likely N-dealkylation sites (tertiary alicyclic amines) is 1. The van der Waals surface area contributed by atoms with Crippen molar-refractivity contribution in [2.45, 2.75) is 39.2 Å². The number of carboxylic acid groups (broad SMARTS) is 1. The van der Waals surface area contributed by atoms with E-state index in [-0.39, 0.29) is 12.1 Å². The average molecular weight is 217 g/mol. The minimum absolute atomic E-state index is 0.229. The van der Waals surface area contributed by atoms with E-state index in [1.165, 1.54) is 0 Å². The quantitative estimate of drug-likeness (QED) is 0.782. The molecule has 1 heterocycles. The second-order valence-corrected chi connectivity index (χ2v) is 4.74. The summed E-state index contributed by atoms with van der Waals surface area (Å²) in [4.78, 5) is 12.9. The van der Waals surface area contributed by atoms with E-state index in [1.54, 1.807) is 0 Å². The Bertz CT molecular complexity index is 225. The van der Waals surface area contributed by atoms with Crippen molar-refractivity contribution in [2.24, 2.45) is 5.41 Å². The molecular weight excluding hydrogens is 197 g/mol. The summed E-state index contributed by atoms with van der Waals surface area (Å²) in [5.41, 5.74) is -0.229. The van der Waals surface area contributed by atoms with E-state index in [9.17, 15) is 9.18 Å². The summed E-state index contributed by atoms with van der Waals surface area (Å²) in [7, 11) is 0. The third-order valence-electron chi connectivity index (χ3n) is 3.44. The first kappa shape index (κ1) is 12.4. The minimum atomic E-state index is -0.763. The Morgan fingerprint density at radius 3 is 2.40 bits per heavy atom. The van der Waals surface area contributed by atoms with Gasteiger partial charge in [0.15, 0.2) is 0 Å². The highest BCUT2D eigenvalue weighted by atomic mass is 19.1. The predicted octanol–water partition coefficient (Wildman–Crippen LogP) is 1.92. The van der Waals surface area contributed by atoms with Gasteiger partial charge in [0, 0.05) is 0 Å². The molecule has 1 aliphatic heterocycles. The fourth-order valence-electron chi connectivity index (χ4n) is 2.10. The first-order valence-electron chi connectivity index (χ1n) is 5.55. The molecule has 1 atom stereocenters. The van der Waals surface area contributed by atoms with Crippen LogP contribution in [0, 0.1) is 5.41 Å². The van der Waals surface area contributed by atoms with Crippen molar-refractivity contribution in [2.75, 3.05) is 19.8 Å². The van der Waals surface area contributed by atoms with Crippen LogP contribution < -0.4 is 0 Å². The van der Waals surface area contributed by atoms with E-state index < -0.39 is 12.0 Å². The number of aliphatic carboxylic acids is 1. The summed E-state index contributed by atoms with van der Waals surface area (Å²) in [6.45, 7) is 4.91. The largest absolute Gasteiger partial charge is 0.480 e. The van der Waals surface area contributed by atoms with Gasteiger partial charge in [-0.1, -0.05) is 13.8 Å². The summed E-state index contributed by atoms with van der Waals surface area (Å²) in [5, 5.41) is 9.00. The van der Waals surface area contributed by atoms with Crippen molar-refractivity contribution >= 4 is 5.97 Å². The monoisotopic (exact) mass is 217 g/mol. The molecule has 0 unspecified atom stereocenters. The van der Waals surface area contributed by atoms with Gasteiger partial charge in [-0.15, -0.1) is 0 Å². The standard InChI is InChI=1S/C11H20FNO2/c1-3-9(10(14)15)13-6-4-11(2,8-12)5-7-13/h9H,3-8H2,1-2H3,(H,14,15)/t9-/m0/s1. The van der Waals surface area contributed by atoms with Crippen LogP contribution in [0.5, 0.6) is 0 Å². The van der Waals surface area contributed by atoms with Crippen LogP contribution in [0.25, 0.3) is 0 Å². The maximum atomic E-state index is 12.7. The molecule has 88 valence electrons. The Hall–Kier alpha value is -0.640. The normalized spacial score (nSPS) is 23.7. The van der Waals surface area contributed by atoms with Gasteiger partial charge in [-0.2, -0.15) is 0 Å². The van der Waals surface area contributed by atoms with Gasteiger partial charge in [-0.05, 0) is 37.8 Å². The van der Waals surface area contributed by atoms with E-state index >= 15 is 0 Å². The number of alkyl halides is 1. The molecule has 1 fully saturated rings. The van der Waals surface area contributed by atoms with Crippen LogP contribution in [0.1, 0.15) is 33.1 Å². The van der Waals surface area contributed by atoms with Gasteiger partial charge in [0.05, 0.1) is 6.67 Å². The fourth-order valence-corrected chi connectivity index (χ4v) is 2.10. The van der Waals surface area contributed by atoms with Gasteiger partial charge in [0.1, 0.15) is 6.04 Å². The summed E-state index contributed by atoms with van der Waals surface area (Å²) >= 11 is 0. The molecule has 0 aromatic rings. The van der Waals surface area contributed by atoms with Gasteiger partial charge < -0.3 is 5.11 Å². The van der Waals surface area contributed by atoms with Crippen molar-refractivity contribution < 1.29 is 14.3 Å². The van der Waals surface area contributed by atoms with Crippen LogP contribution in [0.3, 0.4) is 0 Å². The maximum Gasteiger partial charge on any atom is 0.320 e. The van der Waals surface area contributed by atoms with Crippen LogP contribution in [0.2, 0.25) is 0 Å². The molecule has 15 heavy (non-hydrogen) atoms. The zero-order valence-electron chi connectivity index (χ0n) is 9.50. The lowest BCUT2D eigenvalue weighted by molar-refractivity contribution is -0.144. The van der Waals surface area contributed by atoms with Crippen molar-refractivity contribution in [1.82, 2.24) is 4.90 Å². The van der Waals surface area contributed by atoms with Gasteiger partial charge >= 0.3 is 5.97 Å². The van der Waals surface area contributed by atoms with Gasteiger partial charge in [0.25, 0.3) is 0 Å². The van der Waals surface area contributed by atoms with Gasteiger partial charge in [-0.25, -0.2) is 0 Å². The highest BCUT2D eigenvalue weighted by molar-refractivity contribution is 5.73. The first-order valence-corrected chi connectivity index (χ1v) is 5.55. The molecule has 0 amide bonds. The SMILES string of the molecule is CC[C@@H](C(=O)O)N1CCC(C)(CF)CC1. The van der Waals surface area contributed by atoms with Crippen LogP contribution in [0.15, 0.2) is 0 Å². The lowest BCUT2D eigenvalue weighted by Gasteiger charge is -2.39. The van der Waals surface area contributed by atoms with Crippen molar-refractivity contribution in [1.29, 1.82) is 0 Å². The lowest BCUT2D eigenvalue weighted by atomic mass is 9.81. The van der Waals surface area contributed by atoms with Gasteiger partial charge in [0.2, 0.25) is 0 Å². The summed E-state index contributed by atoms with van der Waals surface area (Å²) in [5.74, 6) is -0.763. The molecule has 0 aliphatic carbocycles. The Kier molecular flexibility index (Phi) is 4.08. The van der Waals surface area contributed by atoms with E-state index in [4.69, 9.17) is 5.11 Å². The average Bonchev–Trinajstić information content (AvgIpc) is 2.22. The number of piperidine rings is 1. The molecule has 0 radical (unpaired) electrons. The number of hydrogen-bond acceptors (Lipinski definition) is 2. The van der Waals surface area contributed by atoms with E-state index in [0.29, 0.717) is 19.5 Å². The van der Waals surface area contributed by atoms with E-state index in [2.05, 4.69) is 0 Å². The number of carbonyl (C=O) groups is 1. The zero-order valence-corrected chi connectivity index (χ0v) is 9.50. The number of halogens is 1. The predicted molar refractivity (Wildman–Crippen MR) is 56.6 cm³/mol. The van der Waals surface area contributed by atoms with Gasteiger partial charge in [-0.3, -0.25) is 14.1 Å². The summed E-state index contributed by atoms with van der Waals surface area (Å²) in [6.07, 6.45) is 2.13. The second-order valence-electron chi connectivity index (χ2n) is 4.74.